The van der Waals surface area contributed by atoms with Crippen molar-refractivity contribution in [1.29, 1.82) is 0 Å². The number of hydrogen-bond acceptors (Lipinski definition) is 5. The van der Waals surface area contributed by atoms with Crippen LogP contribution in [0, 0.1) is 5.82 Å². The predicted octanol–water partition coefficient (Wildman–Crippen LogP) is 3.03. The Bertz CT molecular complexity index is 878. The molecule has 0 radical (unpaired) electrons. The van der Waals surface area contributed by atoms with Crippen LogP contribution in [0.5, 0.6) is 11.5 Å². The summed E-state index contributed by atoms with van der Waals surface area (Å²) in [5, 5.41) is 6.59. The average Bonchev–Trinajstić information content (AvgIpc) is 2.98. The molecule has 1 aromatic carbocycles. The summed E-state index contributed by atoms with van der Waals surface area (Å²) < 4.78 is 25.6. The summed E-state index contributed by atoms with van der Waals surface area (Å²) in [7, 11) is 1.25. The molecular formula is C15H13FN4O3. The molecule has 0 fully saturated rings. The number of aromatic nitrogens is 2. The Labute approximate surface area is 130 Å². The number of carbonyl (C=O) groups is 1. The minimum absolute atomic E-state index is 0.0116. The van der Waals surface area contributed by atoms with Gasteiger partial charge in [0.2, 0.25) is 0 Å². The maximum Gasteiger partial charge on any atom is 0.411 e. The van der Waals surface area contributed by atoms with Crippen molar-refractivity contribution in [1.82, 2.24) is 9.61 Å². The third-order valence-electron chi connectivity index (χ3n) is 3.08. The molecule has 0 spiro atoms. The van der Waals surface area contributed by atoms with Crippen LogP contribution in [0.4, 0.5) is 20.6 Å². The van der Waals surface area contributed by atoms with Gasteiger partial charge >= 0.3 is 6.09 Å². The first-order chi connectivity index (χ1) is 11.1. The standard InChI is InChI=1S/C15H13FN4O3/c1-22-15(21)19-10-7-14(12-4-5-18-20(12)8-10)23-13-3-2-9(17)6-11(13)16/h2-8H,17H2,1H3,(H,19,21). The Morgan fingerprint density at radius 1 is 1.30 bits per heavy atom. The van der Waals surface area contributed by atoms with E-state index in [0.29, 0.717) is 22.6 Å². The van der Waals surface area contributed by atoms with Gasteiger partial charge in [-0.2, -0.15) is 5.10 Å². The van der Waals surface area contributed by atoms with E-state index in [1.54, 1.807) is 24.5 Å². The van der Waals surface area contributed by atoms with Crippen LogP contribution in [0.15, 0.2) is 42.7 Å². The molecular weight excluding hydrogens is 303 g/mol. The maximum atomic E-state index is 13.9. The SMILES string of the molecule is COC(=O)Nc1cc(Oc2ccc(N)cc2F)c2ccnn2c1. The summed E-state index contributed by atoms with van der Waals surface area (Å²) >= 11 is 0. The number of halogens is 1. The number of amides is 1. The number of anilines is 2. The number of benzene rings is 1. The molecule has 8 heteroatoms. The lowest BCUT2D eigenvalue weighted by Gasteiger charge is -2.11. The van der Waals surface area contributed by atoms with Crippen LogP contribution < -0.4 is 15.8 Å². The quantitative estimate of drug-likeness (QED) is 0.725. The molecule has 0 aliphatic heterocycles. The molecule has 0 atom stereocenters. The van der Waals surface area contributed by atoms with E-state index in [0.717, 1.165) is 0 Å². The van der Waals surface area contributed by atoms with E-state index < -0.39 is 11.9 Å². The van der Waals surface area contributed by atoms with Crippen molar-refractivity contribution < 1.29 is 18.7 Å². The Morgan fingerprint density at radius 3 is 2.87 bits per heavy atom. The fourth-order valence-corrected chi connectivity index (χ4v) is 2.03. The molecule has 23 heavy (non-hydrogen) atoms. The van der Waals surface area contributed by atoms with Gasteiger partial charge in [-0.25, -0.2) is 13.7 Å². The average molecular weight is 316 g/mol. The molecule has 2 aromatic heterocycles. The monoisotopic (exact) mass is 316 g/mol. The molecule has 1 amide bonds. The van der Waals surface area contributed by atoms with E-state index in [2.05, 4.69) is 15.2 Å². The van der Waals surface area contributed by atoms with Crippen molar-refractivity contribution in [3.05, 3.63) is 48.5 Å². The van der Waals surface area contributed by atoms with Gasteiger partial charge in [-0.15, -0.1) is 0 Å². The molecule has 0 saturated heterocycles. The number of methoxy groups -OCH3 is 1. The third-order valence-corrected chi connectivity index (χ3v) is 3.08. The zero-order chi connectivity index (χ0) is 16.4. The summed E-state index contributed by atoms with van der Waals surface area (Å²) in [5.74, 6) is -0.258. The highest BCUT2D eigenvalue weighted by Gasteiger charge is 2.12. The topological polar surface area (TPSA) is 90.9 Å². The van der Waals surface area contributed by atoms with Gasteiger partial charge in [0.25, 0.3) is 0 Å². The smallest absolute Gasteiger partial charge is 0.411 e. The van der Waals surface area contributed by atoms with Gasteiger partial charge in [0, 0.05) is 17.8 Å². The summed E-state index contributed by atoms with van der Waals surface area (Å²) in [4.78, 5) is 11.3. The molecule has 3 rings (SSSR count). The van der Waals surface area contributed by atoms with Crippen molar-refractivity contribution in [2.75, 3.05) is 18.2 Å². The Hall–Kier alpha value is -3.29. The van der Waals surface area contributed by atoms with E-state index in [9.17, 15) is 9.18 Å². The molecule has 2 heterocycles. The van der Waals surface area contributed by atoms with Gasteiger partial charge < -0.3 is 15.2 Å². The summed E-state index contributed by atoms with van der Waals surface area (Å²) in [6, 6.07) is 7.37. The van der Waals surface area contributed by atoms with Crippen LogP contribution in [0.2, 0.25) is 0 Å². The van der Waals surface area contributed by atoms with E-state index >= 15 is 0 Å². The van der Waals surface area contributed by atoms with Crippen LogP contribution in [0.25, 0.3) is 5.52 Å². The fourth-order valence-electron chi connectivity index (χ4n) is 2.03. The molecule has 0 bridgehead atoms. The zero-order valence-electron chi connectivity index (χ0n) is 12.1. The van der Waals surface area contributed by atoms with Gasteiger partial charge in [0.1, 0.15) is 5.52 Å². The summed E-state index contributed by atoms with van der Waals surface area (Å²) in [5.41, 5.74) is 6.81. The highest BCUT2D eigenvalue weighted by atomic mass is 19.1. The van der Waals surface area contributed by atoms with Gasteiger partial charge in [0.15, 0.2) is 17.3 Å². The number of rotatable bonds is 3. The molecule has 0 aliphatic carbocycles. The number of hydrogen-bond donors (Lipinski definition) is 2. The Balaban J connectivity index is 2.01. The van der Waals surface area contributed by atoms with E-state index in [1.807, 2.05) is 0 Å². The van der Waals surface area contributed by atoms with Crippen molar-refractivity contribution in [3.63, 3.8) is 0 Å². The van der Waals surface area contributed by atoms with E-state index in [1.165, 1.54) is 29.8 Å². The molecule has 0 saturated carbocycles. The normalized spacial score (nSPS) is 10.5. The second-order valence-corrected chi connectivity index (χ2v) is 4.66. The first-order valence-corrected chi connectivity index (χ1v) is 6.62. The maximum absolute atomic E-state index is 13.9. The third kappa shape index (κ3) is 3.00. The number of fused-ring (bicyclic) bond motifs is 1. The lowest BCUT2D eigenvalue weighted by Crippen LogP contribution is -2.11. The number of nitrogen functional groups attached to an aromatic ring is 1. The van der Waals surface area contributed by atoms with Crippen molar-refractivity contribution in [2.24, 2.45) is 0 Å². The Kier molecular flexibility index (Phi) is 3.71. The fraction of sp³-hybridized carbons (Fsp3) is 0.0667. The molecule has 0 aliphatic rings. The Morgan fingerprint density at radius 2 is 2.13 bits per heavy atom. The molecule has 3 aromatic rings. The number of nitrogens with one attached hydrogen (secondary N) is 1. The van der Waals surface area contributed by atoms with Crippen LogP contribution in [-0.4, -0.2) is 22.8 Å². The highest BCUT2D eigenvalue weighted by molar-refractivity contribution is 5.85. The summed E-state index contributed by atoms with van der Waals surface area (Å²) in [6.07, 6.45) is 2.50. The van der Waals surface area contributed by atoms with Gasteiger partial charge in [0.05, 0.1) is 25.2 Å². The van der Waals surface area contributed by atoms with E-state index in [4.69, 9.17) is 10.5 Å². The predicted molar refractivity (Wildman–Crippen MR) is 82.1 cm³/mol. The lowest BCUT2D eigenvalue weighted by atomic mass is 10.3. The van der Waals surface area contributed by atoms with Crippen molar-refractivity contribution >= 4 is 23.0 Å². The van der Waals surface area contributed by atoms with Gasteiger partial charge in [-0.05, 0) is 18.2 Å². The minimum atomic E-state index is -0.638. The van der Waals surface area contributed by atoms with Crippen LogP contribution in [0.1, 0.15) is 0 Å². The first kappa shape index (κ1) is 14.6. The number of nitrogens with zero attached hydrogens (tertiary/aromatic N) is 2. The largest absolute Gasteiger partial charge is 0.453 e. The summed E-state index contributed by atoms with van der Waals surface area (Å²) in [6.45, 7) is 0. The first-order valence-electron chi connectivity index (χ1n) is 6.62. The second kappa shape index (κ2) is 5.84. The second-order valence-electron chi connectivity index (χ2n) is 4.66. The number of carbonyl (C=O) groups excluding carboxylic acids is 1. The molecule has 0 unspecified atom stereocenters. The zero-order valence-corrected chi connectivity index (χ0v) is 12.1. The molecule has 3 N–H and O–H groups in total. The van der Waals surface area contributed by atoms with Crippen LogP contribution in [-0.2, 0) is 4.74 Å². The minimum Gasteiger partial charge on any atom is -0.453 e. The van der Waals surface area contributed by atoms with Crippen molar-refractivity contribution in [3.8, 4) is 11.5 Å². The van der Waals surface area contributed by atoms with Gasteiger partial charge in [-0.3, -0.25) is 5.32 Å². The molecule has 7 nitrogen and oxygen atoms in total. The lowest BCUT2D eigenvalue weighted by molar-refractivity contribution is 0.187. The van der Waals surface area contributed by atoms with Crippen LogP contribution in [0.3, 0.4) is 0 Å². The molecule has 118 valence electrons. The number of ether oxygens (including phenoxy) is 2. The van der Waals surface area contributed by atoms with Crippen LogP contribution >= 0.6 is 0 Å². The highest BCUT2D eigenvalue weighted by Crippen LogP contribution is 2.31. The van der Waals surface area contributed by atoms with Gasteiger partial charge in [-0.1, -0.05) is 0 Å². The van der Waals surface area contributed by atoms with E-state index in [-0.39, 0.29) is 5.75 Å². The number of pyridine rings is 1. The number of nitrogens with two attached hydrogens (primary N) is 1. The van der Waals surface area contributed by atoms with Crippen molar-refractivity contribution in [2.45, 2.75) is 0 Å².